The van der Waals surface area contributed by atoms with E-state index in [1.165, 1.54) is 17.2 Å². The van der Waals surface area contributed by atoms with Crippen molar-refractivity contribution in [1.82, 2.24) is 0 Å². The smallest absolute Gasteiger partial charge is 0.0912 e. The SMILES string of the molecule is Cc1ccc(-c2ccccc2/C=C/C#N)cc1. The molecular weight excluding hydrogens is 206 g/mol. The third-order valence-corrected chi connectivity index (χ3v) is 2.66. The van der Waals surface area contributed by atoms with Gasteiger partial charge in [-0.15, -0.1) is 0 Å². The van der Waals surface area contributed by atoms with Crippen LogP contribution in [0, 0.1) is 18.3 Å². The molecule has 17 heavy (non-hydrogen) atoms. The van der Waals surface area contributed by atoms with Crippen LogP contribution < -0.4 is 0 Å². The normalized spacial score (nSPS) is 10.4. The van der Waals surface area contributed by atoms with E-state index < -0.39 is 0 Å². The number of nitriles is 1. The van der Waals surface area contributed by atoms with Gasteiger partial charge in [0.1, 0.15) is 0 Å². The number of hydrogen-bond donors (Lipinski definition) is 0. The molecule has 2 rings (SSSR count). The summed E-state index contributed by atoms with van der Waals surface area (Å²) in [6.45, 7) is 2.07. The second-order valence-electron chi connectivity index (χ2n) is 3.92. The van der Waals surface area contributed by atoms with Crippen molar-refractivity contribution in [3.8, 4) is 17.2 Å². The molecular formula is C16H13N. The molecule has 0 aliphatic heterocycles. The van der Waals surface area contributed by atoms with Crippen molar-refractivity contribution in [2.45, 2.75) is 6.92 Å². The summed E-state index contributed by atoms with van der Waals surface area (Å²) >= 11 is 0. The molecule has 0 heterocycles. The van der Waals surface area contributed by atoms with Gasteiger partial charge in [0.05, 0.1) is 6.07 Å². The third kappa shape index (κ3) is 2.62. The van der Waals surface area contributed by atoms with Crippen LogP contribution >= 0.6 is 0 Å². The van der Waals surface area contributed by atoms with Crippen LogP contribution in [0.5, 0.6) is 0 Å². The van der Waals surface area contributed by atoms with Gasteiger partial charge in [0, 0.05) is 6.08 Å². The lowest BCUT2D eigenvalue weighted by atomic mass is 9.98. The van der Waals surface area contributed by atoms with Crippen LogP contribution in [-0.2, 0) is 0 Å². The van der Waals surface area contributed by atoms with Gasteiger partial charge < -0.3 is 0 Å². The van der Waals surface area contributed by atoms with Crippen LogP contribution in [-0.4, -0.2) is 0 Å². The minimum Gasteiger partial charge on any atom is -0.193 e. The van der Waals surface area contributed by atoms with E-state index in [1.54, 1.807) is 0 Å². The average molecular weight is 219 g/mol. The molecule has 0 aromatic heterocycles. The molecule has 0 atom stereocenters. The fourth-order valence-corrected chi connectivity index (χ4v) is 1.77. The van der Waals surface area contributed by atoms with Gasteiger partial charge in [0.25, 0.3) is 0 Å². The van der Waals surface area contributed by atoms with Crippen molar-refractivity contribution in [2.24, 2.45) is 0 Å². The topological polar surface area (TPSA) is 23.8 Å². The van der Waals surface area contributed by atoms with E-state index in [9.17, 15) is 0 Å². The highest BCUT2D eigenvalue weighted by atomic mass is 14.2. The summed E-state index contributed by atoms with van der Waals surface area (Å²) in [6, 6.07) is 18.5. The van der Waals surface area contributed by atoms with E-state index in [4.69, 9.17) is 5.26 Å². The van der Waals surface area contributed by atoms with Gasteiger partial charge in [-0.2, -0.15) is 5.26 Å². The Morgan fingerprint density at radius 1 is 1.00 bits per heavy atom. The largest absolute Gasteiger partial charge is 0.193 e. The Balaban J connectivity index is 2.48. The lowest BCUT2D eigenvalue weighted by Crippen LogP contribution is -1.83. The summed E-state index contributed by atoms with van der Waals surface area (Å²) in [6.07, 6.45) is 3.35. The van der Waals surface area contributed by atoms with Crippen molar-refractivity contribution in [3.63, 3.8) is 0 Å². The molecule has 0 saturated carbocycles. The van der Waals surface area contributed by atoms with Gasteiger partial charge in [-0.05, 0) is 29.7 Å². The first kappa shape index (κ1) is 11.2. The Hall–Kier alpha value is -2.33. The van der Waals surface area contributed by atoms with Crippen LogP contribution in [0.4, 0.5) is 0 Å². The van der Waals surface area contributed by atoms with Gasteiger partial charge in [0.15, 0.2) is 0 Å². The Morgan fingerprint density at radius 3 is 2.41 bits per heavy atom. The quantitative estimate of drug-likeness (QED) is 0.694. The Labute approximate surface area is 102 Å². The van der Waals surface area contributed by atoms with Crippen LogP contribution in [0.2, 0.25) is 0 Å². The number of rotatable bonds is 2. The molecule has 0 bridgehead atoms. The molecule has 0 unspecified atom stereocenters. The van der Waals surface area contributed by atoms with Gasteiger partial charge >= 0.3 is 0 Å². The standard InChI is InChI=1S/C16H13N/c1-13-8-10-15(11-9-13)16-7-3-2-5-14(16)6-4-12-17/h2-11H,1H3/b6-4+. The zero-order valence-corrected chi connectivity index (χ0v) is 9.72. The maximum atomic E-state index is 8.59. The molecule has 0 amide bonds. The van der Waals surface area contributed by atoms with Crippen molar-refractivity contribution in [1.29, 1.82) is 5.26 Å². The summed E-state index contributed by atoms with van der Waals surface area (Å²) in [5.74, 6) is 0. The predicted octanol–water partition coefficient (Wildman–Crippen LogP) is 4.20. The molecule has 0 spiro atoms. The molecule has 1 nitrogen and oxygen atoms in total. The first-order chi connectivity index (χ1) is 8.31. The summed E-state index contributed by atoms with van der Waals surface area (Å²) in [4.78, 5) is 0. The van der Waals surface area contributed by atoms with E-state index in [0.29, 0.717) is 0 Å². The first-order valence-corrected chi connectivity index (χ1v) is 5.53. The molecule has 0 radical (unpaired) electrons. The van der Waals surface area contributed by atoms with Crippen molar-refractivity contribution in [2.75, 3.05) is 0 Å². The van der Waals surface area contributed by atoms with Crippen LogP contribution in [0.15, 0.2) is 54.6 Å². The van der Waals surface area contributed by atoms with E-state index in [2.05, 4.69) is 37.3 Å². The lowest BCUT2D eigenvalue weighted by molar-refractivity contribution is 1.46. The average Bonchev–Trinajstić information content (AvgIpc) is 2.38. The van der Waals surface area contributed by atoms with E-state index in [-0.39, 0.29) is 0 Å². The van der Waals surface area contributed by atoms with Crippen molar-refractivity contribution >= 4 is 6.08 Å². The Kier molecular flexibility index (Phi) is 3.37. The highest BCUT2D eigenvalue weighted by Crippen LogP contribution is 2.24. The number of benzene rings is 2. The van der Waals surface area contributed by atoms with Gasteiger partial charge in [0.2, 0.25) is 0 Å². The fourth-order valence-electron chi connectivity index (χ4n) is 1.77. The first-order valence-electron chi connectivity index (χ1n) is 5.53. The number of allylic oxidation sites excluding steroid dienone is 1. The molecule has 1 heteroatoms. The van der Waals surface area contributed by atoms with Gasteiger partial charge in [-0.3, -0.25) is 0 Å². The number of nitrogens with zero attached hydrogens (tertiary/aromatic N) is 1. The second kappa shape index (κ2) is 5.14. The van der Waals surface area contributed by atoms with Crippen LogP contribution in [0.25, 0.3) is 17.2 Å². The number of hydrogen-bond acceptors (Lipinski definition) is 1. The lowest BCUT2D eigenvalue weighted by Gasteiger charge is -2.06. The summed E-state index contributed by atoms with van der Waals surface area (Å²) < 4.78 is 0. The van der Waals surface area contributed by atoms with Crippen molar-refractivity contribution in [3.05, 3.63) is 65.7 Å². The molecule has 2 aromatic carbocycles. The fraction of sp³-hybridized carbons (Fsp3) is 0.0625. The molecule has 0 aliphatic rings. The highest BCUT2D eigenvalue weighted by molar-refractivity contribution is 5.75. The van der Waals surface area contributed by atoms with E-state index in [0.717, 1.165) is 11.1 Å². The zero-order chi connectivity index (χ0) is 12.1. The minimum atomic E-state index is 1.07. The predicted molar refractivity (Wildman–Crippen MR) is 71.3 cm³/mol. The van der Waals surface area contributed by atoms with Crippen LogP contribution in [0.3, 0.4) is 0 Å². The molecule has 0 fully saturated rings. The van der Waals surface area contributed by atoms with Crippen molar-refractivity contribution < 1.29 is 0 Å². The highest BCUT2D eigenvalue weighted by Gasteiger charge is 2.01. The summed E-state index contributed by atoms with van der Waals surface area (Å²) in [5.41, 5.74) is 4.64. The summed E-state index contributed by atoms with van der Waals surface area (Å²) in [7, 11) is 0. The second-order valence-corrected chi connectivity index (χ2v) is 3.92. The number of aryl methyl sites for hydroxylation is 1. The van der Waals surface area contributed by atoms with Crippen LogP contribution in [0.1, 0.15) is 11.1 Å². The molecule has 0 saturated heterocycles. The molecule has 82 valence electrons. The zero-order valence-electron chi connectivity index (χ0n) is 9.72. The maximum absolute atomic E-state index is 8.59. The molecule has 2 aromatic rings. The van der Waals surface area contributed by atoms with E-state index >= 15 is 0 Å². The molecule has 0 N–H and O–H groups in total. The maximum Gasteiger partial charge on any atom is 0.0912 e. The minimum absolute atomic E-state index is 1.07. The molecule has 0 aliphatic carbocycles. The Morgan fingerprint density at radius 2 is 1.71 bits per heavy atom. The Bertz CT molecular complexity index is 571. The van der Waals surface area contributed by atoms with Gasteiger partial charge in [-0.25, -0.2) is 0 Å². The third-order valence-electron chi connectivity index (χ3n) is 2.66. The monoisotopic (exact) mass is 219 g/mol. The van der Waals surface area contributed by atoms with Gasteiger partial charge in [-0.1, -0.05) is 54.1 Å². The summed E-state index contributed by atoms with van der Waals surface area (Å²) in [5, 5.41) is 8.59. The van der Waals surface area contributed by atoms with E-state index in [1.807, 2.05) is 30.3 Å².